The van der Waals surface area contributed by atoms with Crippen molar-refractivity contribution in [3.63, 3.8) is 0 Å². The number of carbonyl (C=O) groups is 2. The number of aryl methyl sites for hydroxylation is 3. The van der Waals surface area contributed by atoms with Gasteiger partial charge in [-0.2, -0.15) is 5.26 Å². The van der Waals surface area contributed by atoms with Crippen LogP contribution in [-0.4, -0.2) is 25.0 Å². The van der Waals surface area contributed by atoms with E-state index in [0.29, 0.717) is 11.3 Å². The SMILES string of the molecule is Cc1cc(C)c(C(=O)COC(=O)/C=C/c2ccc(OCC#N)cc2)c(C)c1. The summed E-state index contributed by atoms with van der Waals surface area (Å²) < 4.78 is 10.2. The molecule has 2 aromatic rings. The average molecular weight is 363 g/mol. The van der Waals surface area contributed by atoms with E-state index in [-0.39, 0.29) is 19.0 Å². The van der Waals surface area contributed by atoms with E-state index >= 15 is 0 Å². The first-order chi connectivity index (χ1) is 12.9. The van der Waals surface area contributed by atoms with Crippen molar-refractivity contribution in [1.29, 1.82) is 5.26 Å². The quantitative estimate of drug-likeness (QED) is 0.423. The predicted octanol–water partition coefficient (Wildman–Crippen LogP) is 3.95. The lowest BCUT2D eigenvalue weighted by molar-refractivity contribution is -0.136. The highest BCUT2D eigenvalue weighted by Gasteiger charge is 2.14. The second-order valence-corrected chi connectivity index (χ2v) is 6.15. The molecule has 0 aliphatic rings. The zero-order valence-corrected chi connectivity index (χ0v) is 15.6. The van der Waals surface area contributed by atoms with Crippen LogP contribution in [0.15, 0.2) is 42.5 Å². The zero-order chi connectivity index (χ0) is 19.8. The fourth-order valence-electron chi connectivity index (χ4n) is 2.83. The second-order valence-electron chi connectivity index (χ2n) is 6.15. The van der Waals surface area contributed by atoms with Crippen LogP contribution in [0, 0.1) is 32.1 Å². The molecule has 0 atom stereocenters. The van der Waals surface area contributed by atoms with E-state index in [4.69, 9.17) is 14.7 Å². The van der Waals surface area contributed by atoms with E-state index < -0.39 is 5.97 Å². The summed E-state index contributed by atoms with van der Waals surface area (Å²) in [4.78, 5) is 24.2. The standard InChI is InChI=1S/C22H21NO4/c1-15-12-16(2)22(17(3)13-15)20(24)14-27-21(25)9-6-18-4-7-19(8-5-18)26-11-10-23/h4-9,12-13H,11,14H2,1-3H3/b9-6+. The third-order valence-corrected chi connectivity index (χ3v) is 3.90. The molecule has 0 spiro atoms. The molecule has 0 aliphatic heterocycles. The van der Waals surface area contributed by atoms with Crippen molar-refractivity contribution in [3.8, 4) is 11.8 Å². The number of esters is 1. The van der Waals surface area contributed by atoms with Crippen molar-refractivity contribution >= 4 is 17.8 Å². The highest BCUT2D eigenvalue weighted by Crippen LogP contribution is 2.17. The lowest BCUT2D eigenvalue weighted by Crippen LogP contribution is -2.15. The van der Waals surface area contributed by atoms with Crippen molar-refractivity contribution < 1.29 is 19.1 Å². The Morgan fingerprint density at radius 1 is 1.07 bits per heavy atom. The second kappa shape index (κ2) is 9.35. The van der Waals surface area contributed by atoms with Crippen LogP contribution >= 0.6 is 0 Å². The summed E-state index contributed by atoms with van der Waals surface area (Å²) in [6, 6.07) is 12.7. The van der Waals surface area contributed by atoms with Crippen molar-refractivity contribution in [2.45, 2.75) is 20.8 Å². The van der Waals surface area contributed by atoms with Crippen LogP contribution in [0.3, 0.4) is 0 Å². The molecule has 0 N–H and O–H groups in total. The third-order valence-electron chi connectivity index (χ3n) is 3.90. The molecule has 2 aromatic carbocycles. The summed E-state index contributed by atoms with van der Waals surface area (Å²) in [5, 5.41) is 8.47. The van der Waals surface area contributed by atoms with Gasteiger partial charge in [-0.15, -0.1) is 0 Å². The molecule has 5 nitrogen and oxygen atoms in total. The molecular weight excluding hydrogens is 342 g/mol. The number of hydrogen-bond acceptors (Lipinski definition) is 5. The third kappa shape index (κ3) is 5.82. The van der Waals surface area contributed by atoms with Crippen molar-refractivity contribution in [1.82, 2.24) is 0 Å². The molecule has 0 amide bonds. The largest absolute Gasteiger partial charge is 0.479 e. The van der Waals surface area contributed by atoms with Crippen LogP contribution in [0.25, 0.3) is 6.08 Å². The van der Waals surface area contributed by atoms with Gasteiger partial charge in [-0.25, -0.2) is 4.79 Å². The summed E-state index contributed by atoms with van der Waals surface area (Å²) >= 11 is 0. The van der Waals surface area contributed by atoms with Gasteiger partial charge < -0.3 is 9.47 Å². The fourth-order valence-corrected chi connectivity index (χ4v) is 2.83. The van der Waals surface area contributed by atoms with Crippen LogP contribution in [0.5, 0.6) is 5.75 Å². The Bertz CT molecular complexity index is 882. The van der Waals surface area contributed by atoms with Gasteiger partial charge in [-0.05, 0) is 55.7 Å². The topological polar surface area (TPSA) is 76.4 Å². The summed E-state index contributed by atoms with van der Waals surface area (Å²) in [7, 11) is 0. The Morgan fingerprint density at radius 2 is 1.70 bits per heavy atom. The molecule has 0 unspecified atom stereocenters. The molecule has 0 radical (unpaired) electrons. The maximum Gasteiger partial charge on any atom is 0.331 e. The van der Waals surface area contributed by atoms with Gasteiger partial charge in [0.1, 0.15) is 11.8 Å². The summed E-state index contributed by atoms with van der Waals surface area (Å²) in [6.45, 7) is 5.41. The number of rotatable bonds is 7. The van der Waals surface area contributed by atoms with Gasteiger partial charge in [-0.1, -0.05) is 29.8 Å². The van der Waals surface area contributed by atoms with Crippen molar-refractivity contribution in [2.24, 2.45) is 0 Å². The maximum absolute atomic E-state index is 12.4. The molecule has 0 aromatic heterocycles. The zero-order valence-electron chi connectivity index (χ0n) is 15.6. The van der Waals surface area contributed by atoms with Gasteiger partial charge in [0.2, 0.25) is 5.78 Å². The number of nitriles is 1. The Labute approximate surface area is 158 Å². The first-order valence-electron chi connectivity index (χ1n) is 8.46. The minimum absolute atomic E-state index is 0.0184. The monoisotopic (exact) mass is 363 g/mol. The smallest absolute Gasteiger partial charge is 0.331 e. The van der Waals surface area contributed by atoms with Gasteiger partial charge in [0.15, 0.2) is 13.2 Å². The Kier molecular flexibility index (Phi) is 6.90. The minimum atomic E-state index is -0.587. The van der Waals surface area contributed by atoms with E-state index in [9.17, 15) is 9.59 Å². The number of Topliss-reactive ketones (excluding diaryl/α,β-unsaturated/α-hetero) is 1. The number of carbonyl (C=O) groups excluding carboxylic acids is 2. The Balaban J connectivity index is 1.91. The first kappa shape index (κ1) is 19.9. The number of nitrogens with zero attached hydrogens (tertiary/aromatic N) is 1. The fraction of sp³-hybridized carbons (Fsp3) is 0.227. The van der Waals surface area contributed by atoms with Gasteiger partial charge >= 0.3 is 5.97 Å². The van der Waals surface area contributed by atoms with Gasteiger partial charge in [0, 0.05) is 11.6 Å². The number of benzene rings is 2. The molecule has 5 heteroatoms. The maximum atomic E-state index is 12.4. The van der Waals surface area contributed by atoms with E-state index in [1.807, 2.05) is 39.0 Å². The number of hydrogen-bond donors (Lipinski definition) is 0. The highest BCUT2D eigenvalue weighted by molar-refractivity contribution is 6.01. The lowest BCUT2D eigenvalue weighted by Gasteiger charge is -2.10. The van der Waals surface area contributed by atoms with Gasteiger partial charge in [-0.3, -0.25) is 4.79 Å². The molecule has 0 aliphatic carbocycles. The minimum Gasteiger partial charge on any atom is -0.479 e. The number of ether oxygens (including phenoxy) is 2. The molecule has 0 bridgehead atoms. The Morgan fingerprint density at radius 3 is 2.30 bits per heavy atom. The van der Waals surface area contributed by atoms with Crippen LogP contribution in [0.1, 0.15) is 32.6 Å². The van der Waals surface area contributed by atoms with Crippen LogP contribution in [0.2, 0.25) is 0 Å². The molecule has 0 fully saturated rings. The molecule has 2 rings (SSSR count). The average Bonchev–Trinajstić information content (AvgIpc) is 2.63. The summed E-state index contributed by atoms with van der Waals surface area (Å²) in [5.41, 5.74) is 4.22. The van der Waals surface area contributed by atoms with Crippen LogP contribution < -0.4 is 4.74 Å². The summed E-state index contributed by atoms with van der Waals surface area (Å²) in [6.07, 6.45) is 2.86. The van der Waals surface area contributed by atoms with E-state index in [0.717, 1.165) is 22.3 Å². The van der Waals surface area contributed by atoms with Crippen molar-refractivity contribution in [2.75, 3.05) is 13.2 Å². The van der Waals surface area contributed by atoms with E-state index in [1.54, 1.807) is 30.3 Å². The van der Waals surface area contributed by atoms with Crippen LogP contribution in [-0.2, 0) is 9.53 Å². The van der Waals surface area contributed by atoms with Crippen LogP contribution in [0.4, 0.5) is 0 Å². The van der Waals surface area contributed by atoms with E-state index in [1.165, 1.54) is 6.08 Å². The highest BCUT2D eigenvalue weighted by atomic mass is 16.5. The molecule has 27 heavy (non-hydrogen) atoms. The molecule has 0 saturated heterocycles. The number of ketones is 1. The summed E-state index contributed by atoms with van der Waals surface area (Å²) in [5.74, 6) is -0.230. The Hall–Kier alpha value is -3.39. The molecule has 138 valence electrons. The normalized spacial score (nSPS) is 10.4. The van der Waals surface area contributed by atoms with Gasteiger partial charge in [0.05, 0.1) is 0 Å². The lowest BCUT2D eigenvalue weighted by atomic mass is 9.97. The predicted molar refractivity (Wildman–Crippen MR) is 103 cm³/mol. The molecular formula is C22H21NO4. The van der Waals surface area contributed by atoms with Gasteiger partial charge in [0.25, 0.3) is 0 Å². The molecule has 0 heterocycles. The molecule has 0 saturated carbocycles. The first-order valence-corrected chi connectivity index (χ1v) is 8.46. The van der Waals surface area contributed by atoms with E-state index in [2.05, 4.69) is 0 Å². The van der Waals surface area contributed by atoms with Crippen molar-refractivity contribution in [3.05, 3.63) is 70.3 Å².